The van der Waals surface area contributed by atoms with Gasteiger partial charge in [-0.1, -0.05) is 41.0 Å². The van der Waals surface area contributed by atoms with Gasteiger partial charge in [-0.05, 0) is 36.8 Å². The highest BCUT2D eigenvalue weighted by atomic mass is 35.5. The molecule has 1 amide bonds. The number of aromatic nitrogens is 2. The lowest BCUT2D eigenvalue weighted by Crippen LogP contribution is -2.27. The van der Waals surface area contributed by atoms with Gasteiger partial charge in [0.2, 0.25) is 11.7 Å². The van der Waals surface area contributed by atoms with E-state index >= 15 is 0 Å². The van der Waals surface area contributed by atoms with Crippen molar-refractivity contribution >= 4 is 17.5 Å². The highest BCUT2D eigenvalue weighted by molar-refractivity contribution is 6.30. The largest absolute Gasteiger partial charge is 0.485 e. The predicted molar refractivity (Wildman–Crippen MR) is 97.1 cm³/mol. The van der Waals surface area contributed by atoms with Crippen LogP contribution in [0.4, 0.5) is 0 Å². The Bertz CT molecular complexity index is 893. The molecule has 0 radical (unpaired) electrons. The van der Waals surface area contributed by atoms with Crippen molar-refractivity contribution in [2.24, 2.45) is 0 Å². The maximum atomic E-state index is 12.7. The number of nitrogens with one attached hydrogen (secondary N) is 1. The fraction of sp³-hybridized carbons (Fsp3) is 0.211. The molecule has 2 aromatic carbocycles. The Kier molecular flexibility index (Phi) is 5.53. The van der Waals surface area contributed by atoms with Crippen LogP contribution in [0.1, 0.15) is 40.6 Å². The molecule has 1 heterocycles. The van der Waals surface area contributed by atoms with Gasteiger partial charge >= 0.3 is 0 Å². The molecule has 0 saturated heterocycles. The number of ether oxygens (including phenoxy) is 1. The Labute approximate surface area is 156 Å². The van der Waals surface area contributed by atoms with Crippen molar-refractivity contribution in [3.05, 3.63) is 76.4 Å². The van der Waals surface area contributed by atoms with Gasteiger partial charge in [-0.3, -0.25) is 4.79 Å². The van der Waals surface area contributed by atoms with Crippen LogP contribution in [-0.4, -0.2) is 16.0 Å². The third-order valence-corrected chi connectivity index (χ3v) is 4.03. The number of hydrogen-bond donors (Lipinski definition) is 1. The fourth-order valence-corrected chi connectivity index (χ4v) is 2.56. The number of aryl methyl sites for hydroxylation is 1. The van der Waals surface area contributed by atoms with Crippen molar-refractivity contribution in [1.82, 2.24) is 15.5 Å². The van der Waals surface area contributed by atoms with E-state index in [0.717, 1.165) is 5.56 Å². The molecule has 1 atom stereocenters. The normalized spacial score (nSPS) is 11.8. The molecular weight excluding hydrogens is 354 g/mol. The first kappa shape index (κ1) is 17.9. The van der Waals surface area contributed by atoms with Crippen LogP contribution >= 0.6 is 11.6 Å². The van der Waals surface area contributed by atoms with E-state index in [9.17, 15) is 4.79 Å². The zero-order chi connectivity index (χ0) is 18.5. The molecule has 0 aliphatic carbocycles. The Hall–Kier alpha value is -2.86. The van der Waals surface area contributed by atoms with Crippen LogP contribution in [0.2, 0.25) is 5.02 Å². The number of rotatable bonds is 6. The smallest absolute Gasteiger partial charge is 0.255 e. The van der Waals surface area contributed by atoms with Crippen molar-refractivity contribution < 1.29 is 14.1 Å². The number of carbonyl (C=O) groups is 1. The summed E-state index contributed by atoms with van der Waals surface area (Å²) in [4.78, 5) is 16.7. The van der Waals surface area contributed by atoms with Crippen molar-refractivity contribution in [3.8, 4) is 5.75 Å². The summed E-state index contributed by atoms with van der Waals surface area (Å²) in [5.41, 5.74) is 1.40. The van der Waals surface area contributed by atoms with Gasteiger partial charge in [-0.25, -0.2) is 0 Å². The van der Waals surface area contributed by atoms with Crippen LogP contribution in [0, 0.1) is 6.92 Å². The van der Waals surface area contributed by atoms with Gasteiger partial charge in [0.1, 0.15) is 5.75 Å². The number of benzene rings is 2. The van der Waals surface area contributed by atoms with E-state index in [0.29, 0.717) is 28.1 Å². The van der Waals surface area contributed by atoms with Crippen LogP contribution in [0.5, 0.6) is 5.75 Å². The zero-order valence-corrected chi connectivity index (χ0v) is 15.2. The standard InChI is InChI=1S/C19H18ClN3O3/c1-12(14-7-9-15(20)10-8-14)21-19(24)16-5-3-4-6-17(16)25-11-18-22-13(2)26-23-18/h3-10,12H,11H2,1-2H3,(H,21,24). The van der Waals surface area contributed by atoms with Gasteiger partial charge in [-0.2, -0.15) is 4.98 Å². The molecular formula is C19H18ClN3O3. The number of halogens is 1. The van der Waals surface area contributed by atoms with E-state index in [1.54, 1.807) is 43.3 Å². The number of carbonyl (C=O) groups excluding carboxylic acids is 1. The van der Waals surface area contributed by atoms with Gasteiger partial charge in [0.15, 0.2) is 6.61 Å². The average Bonchev–Trinajstić information content (AvgIpc) is 3.06. The van der Waals surface area contributed by atoms with Crippen molar-refractivity contribution in [2.75, 3.05) is 0 Å². The maximum absolute atomic E-state index is 12.7. The third-order valence-electron chi connectivity index (χ3n) is 3.78. The van der Waals surface area contributed by atoms with Gasteiger partial charge in [0.25, 0.3) is 5.91 Å². The van der Waals surface area contributed by atoms with Crippen LogP contribution in [0.25, 0.3) is 0 Å². The average molecular weight is 372 g/mol. The predicted octanol–water partition coefficient (Wildman–Crippen LogP) is 4.10. The molecule has 0 fully saturated rings. The van der Waals surface area contributed by atoms with Crippen LogP contribution < -0.4 is 10.1 Å². The summed E-state index contributed by atoms with van der Waals surface area (Å²) in [6, 6.07) is 14.2. The molecule has 0 bridgehead atoms. The summed E-state index contributed by atoms with van der Waals surface area (Å²) in [5.74, 6) is 1.11. The minimum atomic E-state index is -0.229. The molecule has 6 nitrogen and oxygen atoms in total. The Morgan fingerprint density at radius 2 is 1.96 bits per heavy atom. The Balaban J connectivity index is 1.69. The number of hydrogen-bond acceptors (Lipinski definition) is 5. The quantitative estimate of drug-likeness (QED) is 0.705. The number of amides is 1. The van der Waals surface area contributed by atoms with Gasteiger partial charge in [0.05, 0.1) is 11.6 Å². The maximum Gasteiger partial charge on any atom is 0.255 e. The first-order valence-corrected chi connectivity index (χ1v) is 8.48. The Morgan fingerprint density at radius 3 is 2.65 bits per heavy atom. The molecule has 0 aliphatic rings. The summed E-state index contributed by atoms with van der Waals surface area (Å²) in [5, 5.41) is 7.40. The second kappa shape index (κ2) is 8.01. The molecule has 1 aromatic heterocycles. The van der Waals surface area contributed by atoms with E-state index in [1.807, 2.05) is 19.1 Å². The fourth-order valence-electron chi connectivity index (χ4n) is 2.43. The van der Waals surface area contributed by atoms with E-state index in [1.165, 1.54) is 0 Å². The molecule has 26 heavy (non-hydrogen) atoms. The third kappa shape index (κ3) is 4.40. The van der Waals surface area contributed by atoms with E-state index in [4.69, 9.17) is 20.9 Å². The van der Waals surface area contributed by atoms with E-state index < -0.39 is 0 Å². The molecule has 3 aromatic rings. The highest BCUT2D eigenvalue weighted by Crippen LogP contribution is 2.21. The number of nitrogens with zero attached hydrogens (tertiary/aromatic N) is 2. The van der Waals surface area contributed by atoms with Gasteiger partial charge < -0.3 is 14.6 Å². The minimum Gasteiger partial charge on any atom is -0.485 e. The van der Waals surface area contributed by atoms with E-state index in [-0.39, 0.29) is 18.6 Å². The summed E-state index contributed by atoms with van der Waals surface area (Å²) >= 11 is 5.90. The first-order chi connectivity index (χ1) is 12.5. The van der Waals surface area contributed by atoms with Crippen LogP contribution in [0.15, 0.2) is 53.1 Å². The summed E-state index contributed by atoms with van der Waals surface area (Å²) in [6.45, 7) is 3.73. The van der Waals surface area contributed by atoms with Crippen molar-refractivity contribution in [1.29, 1.82) is 0 Å². The molecule has 1 N–H and O–H groups in total. The minimum absolute atomic E-state index is 0.119. The number of para-hydroxylation sites is 1. The van der Waals surface area contributed by atoms with Crippen molar-refractivity contribution in [3.63, 3.8) is 0 Å². The van der Waals surface area contributed by atoms with Crippen LogP contribution in [-0.2, 0) is 6.61 Å². The lowest BCUT2D eigenvalue weighted by molar-refractivity contribution is 0.0935. The molecule has 0 aliphatic heterocycles. The van der Waals surface area contributed by atoms with Gasteiger partial charge in [-0.15, -0.1) is 0 Å². The summed E-state index contributed by atoms with van der Waals surface area (Å²) in [6.07, 6.45) is 0. The molecule has 0 saturated carbocycles. The lowest BCUT2D eigenvalue weighted by atomic mass is 10.1. The molecule has 1 unspecified atom stereocenters. The SMILES string of the molecule is Cc1nc(COc2ccccc2C(=O)NC(C)c2ccc(Cl)cc2)no1. The topological polar surface area (TPSA) is 77.2 Å². The zero-order valence-electron chi connectivity index (χ0n) is 14.4. The molecule has 3 rings (SSSR count). The van der Waals surface area contributed by atoms with Gasteiger partial charge in [0, 0.05) is 11.9 Å². The monoisotopic (exact) mass is 371 g/mol. The summed E-state index contributed by atoms with van der Waals surface area (Å²) < 4.78 is 10.6. The molecule has 0 spiro atoms. The van der Waals surface area contributed by atoms with E-state index in [2.05, 4.69) is 15.5 Å². The second-order valence-electron chi connectivity index (χ2n) is 5.76. The summed E-state index contributed by atoms with van der Waals surface area (Å²) in [7, 11) is 0. The lowest BCUT2D eigenvalue weighted by Gasteiger charge is -2.16. The second-order valence-corrected chi connectivity index (χ2v) is 6.20. The first-order valence-electron chi connectivity index (χ1n) is 8.10. The van der Waals surface area contributed by atoms with Crippen molar-refractivity contribution in [2.45, 2.75) is 26.5 Å². The molecule has 134 valence electrons. The Morgan fingerprint density at radius 1 is 1.23 bits per heavy atom. The molecule has 7 heteroatoms. The van der Waals surface area contributed by atoms with Crippen LogP contribution in [0.3, 0.4) is 0 Å². The highest BCUT2D eigenvalue weighted by Gasteiger charge is 2.16.